The van der Waals surface area contributed by atoms with E-state index < -0.39 is 0 Å². The van der Waals surface area contributed by atoms with Crippen LogP contribution < -0.4 is 0 Å². The van der Waals surface area contributed by atoms with Gasteiger partial charge in [0.2, 0.25) is 0 Å². The molecule has 0 aliphatic rings. The molecule has 0 bridgehead atoms. The molecule has 82 valence electrons. The van der Waals surface area contributed by atoms with Crippen molar-refractivity contribution in [1.29, 1.82) is 0 Å². The van der Waals surface area contributed by atoms with Gasteiger partial charge < -0.3 is 0 Å². The van der Waals surface area contributed by atoms with Crippen LogP contribution in [0.5, 0.6) is 0 Å². The largest absolute Gasteiger partial charge is 0.142 e. The second-order valence-corrected chi connectivity index (χ2v) is 6.72. The fourth-order valence-electron chi connectivity index (χ4n) is 0.934. The van der Waals surface area contributed by atoms with E-state index in [1.165, 1.54) is 11.9 Å². The van der Waals surface area contributed by atoms with Gasteiger partial charge in [0.05, 0.1) is 0 Å². The van der Waals surface area contributed by atoms with Gasteiger partial charge in [0.1, 0.15) is 5.69 Å². The Morgan fingerprint density at radius 1 is 1.27 bits per heavy atom. The topological polar surface area (TPSA) is 24.7 Å². The van der Waals surface area contributed by atoms with E-state index in [0.717, 1.165) is 15.7 Å². The van der Waals surface area contributed by atoms with Gasteiger partial charge in [-0.1, -0.05) is 12.1 Å². The van der Waals surface area contributed by atoms with E-state index in [2.05, 4.69) is 46.3 Å². The van der Waals surface area contributed by atoms with Crippen LogP contribution in [0, 0.1) is 6.92 Å². The Kier molecular flexibility index (Phi) is 4.34. The minimum absolute atomic E-state index is 0.110. The van der Waals surface area contributed by atoms with Crippen molar-refractivity contribution in [3.05, 3.63) is 28.2 Å². The maximum absolute atomic E-state index is 4.23. The van der Waals surface area contributed by atoms with Crippen molar-refractivity contribution in [3.8, 4) is 0 Å². The van der Waals surface area contributed by atoms with Crippen LogP contribution in [0.3, 0.4) is 0 Å². The first kappa shape index (κ1) is 12.7. The summed E-state index contributed by atoms with van der Waals surface area (Å²) in [6.07, 6.45) is 0. The highest BCUT2D eigenvalue weighted by Gasteiger charge is 2.10. The number of nitrogens with zero attached hydrogens (tertiary/aromatic N) is 2. The van der Waals surface area contributed by atoms with Gasteiger partial charge in [-0.2, -0.15) is 0 Å². The molecule has 0 unspecified atom stereocenters. The first-order valence-corrected chi connectivity index (χ1v) is 6.31. The smallest absolute Gasteiger partial charge is 0.103 e. The summed E-state index contributed by atoms with van der Waals surface area (Å²) >= 11 is 4.95. The Labute approximate surface area is 104 Å². The highest BCUT2D eigenvalue weighted by Crippen LogP contribution is 2.32. The third-order valence-corrected chi connectivity index (χ3v) is 2.99. The molecule has 0 saturated heterocycles. The van der Waals surface area contributed by atoms with Crippen LogP contribution in [0.1, 0.15) is 26.3 Å². The lowest BCUT2D eigenvalue weighted by atomic mass is 10.2. The molecule has 0 radical (unpaired) electrons. The SMILES string of the molecule is Cc1cccc(Br)c1/N=N/SC(C)(C)C. The molecule has 0 aliphatic carbocycles. The first-order chi connectivity index (χ1) is 6.90. The molecular weight excluding hydrogens is 272 g/mol. The van der Waals surface area contributed by atoms with Crippen molar-refractivity contribution in [3.63, 3.8) is 0 Å². The fourth-order valence-corrected chi connectivity index (χ4v) is 1.85. The quantitative estimate of drug-likeness (QED) is 0.536. The van der Waals surface area contributed by atoms with Crippen LogP contribution >= 0.6 is 27.9 Å². The van der Waals surface area contributed by atoms with Crippen LogP contribution in [0.15, 0.2) is 32.3 Å². The molecule has 0 N–H and O–H groups in total. The second kappa shape index (κ2) is 5.12. The third kappa shape index (κ3) is 4.34. The molecule has 1 aromatic rings. The first-order valence-electron chi connectivity index (χ1n) is 4.74. The molecule has 0 heterocycles. The summed E-state index contributed by atoms with van der Waals surface area (Å²) in [5, 5.41) is 4.23. The van der Waals surface area contributed by atoms with Gasteiger partial charge in [0.15, 0.2) is 0 Å². The monoisotopic (exact) mass is 286 g/mol. The Morgan fingerprint density at radius 2 is 1.93 bits per heavy atom. The van der Waals surface area contributed by atoms with Crippen molar-refractivity contribution in [2.75, 3.05) is 0 Å². The van der Waals surface area contributed by atoms with Crippen molar-refractivity contribution in [2.24, 2.45) is 9.63 Å². The number of aryl methyl sites for hydroxylation is 1. The summed E-state index contributed by atoms with van der Waals surface area (Å²) in [6.45, 7) is 8.37. The van der Waals surface area contributed by atoms with Crippen molar-refractivity contribution >= 4 is 33.6 Å². The zero-order valence-corrected chi connectivity index (χ0v) is 11.8. The van der Waals surface area contributed by atoms with Crippen LogP contribution in [0.25, 0.3) is 0 Å². The lowest BCUT2D eigenvalue weighted by Gasteiger charge is -2.11. The third-order valence-electron chi connectivity index (χ3n) is 1.64. The Balaban J connectivity index is 2.81. The lowest BCUT2D eigenvalue weighted by molar-refractivity contribution is 0.802. The Hall–Kier alpha value is -0.350. The van der Waals surface area contributed by atoms with E-state index in [0.29, 0.717) is 0 Å². The van der Waals surface area contributed by atoms with E-state index in [-0.39, 0.29) is 4.75 Å². The van der Waals surface area contributed by atoms with Crippen LogP contribution in [0.2, 0.25) is 0 Å². The number of halogens is 1. The number of benzene rings is 1. The van der Waals surface area contributed by atoms with Gasteiger partial charge in [-0.15, -0.1) is 9.63 Å². The molecule has 1 aromatic carbocycles. The summed E-state index contributed by atoms with van der Waals surface area (Å²) in [5.74, 6) is 0. The highest BCUT2D eigenvalue weighted by atomic mass is 79.9. The molecule has 0 aliphatic heterocycles. The van der Waals surface area contributed by atoms with E-state index in [1.807, 2.05) is 25.1 Å². The standard InChI is InChI=1S/C11H15BrN2S/c1-8-6-5-7-9(12)10(8)13-14-15-11(2,3)4/h5-7H,1-4H3/b14-13+. The minimum atomic E-state index is 0.110. The lowest BCUT2D eigenvalue weighted by Crippen LogP contribution is -2.04. The Bertz CT molecular complexity index is 349. The molecule has 0 spiro atoms. The zero-order valence-electron chi connectivity index (χ0n) is 9.41. The highest BCUT2D eigenvalue weighted by molar-refractivity contribution is 9.10. The molecule has 0 amide bonds. The molecule has 2 nitrogen and oxygen atoms in total. The van der Waals surface area contributed by atoms with E-state index >= 15 is 0 Å². The van der Waals surface area contributed by atoms with Gasteiger partial charge in [0, 0.05) is 21.2 Å². The van der Waals surface area contributed by atoms with Gasteiger partial charge >= 0.3 is 0 Å². The normalized spacial score (nSPS) is 12.3. The van der Waals surface area contributed by atoms with Crippen molar-refractivity contribution in [1.82, 2.24) is 0 Å². The number of rotatable bonds is 2. The molecule has 0 saturated carbocycles. The summed E-state index contributed by atoms with van der Waals surface area (Å²) in [7, 11) is 0. The van der Waals surface area contributed by atoms with Crippen LogP contribution in [-0.4, -0.2) is 4.75 Å². The summed E-state index contributed by atoms with van der Waals surface area (Å²) in [5.41, 5.74) is 2.04. The van der Waals surface area contributed by atoms with Gasteiger partial charge in [-0.25, -0.2) is 0 Å². The van der Waals surface area contributed by atoms with Crippen molar-refractivity contribution < 1.29 is 0 Å². The average Bonchev–Trinajstić information content (AvgIpc) is 2.08. The van der Waals surface area contributed by atoms with Crippen LogP contribution in [0.4, 0.5) is 5.69 Å². The molecule has 0 atom stereocenters. The molecule has 0 aromatic heterocycles. The van der Waals surface area contributed by atoms with E-state index in [4.69, 9.17) is 0 Å². The molecule has 15 heavy (non-hydrogen) atoms. The van der Waals surface area contributed by atoms with Crippen LogP contribution in [-0.2, 0) is 0 Å². The van der Waals surface area contributed by atoms with Gasteiger partial charge in [-0.3, -0.25) is 0 Å². The molecule has 0 fully saturated rings. The number of hydrogen-bond acceptors (Lipinski definition) is 3. The maximum atomic E-state index is 4.23. The fraction of sp³-hybridized carbons (Fsp3) is 0.455. The van der Waals surface area contributed by atoms with Crippen molar-refractivity contribution in [2.45, 2.75) is 32.4 Å². The molecule has 4 heteroatoms. The molecule has 1 rings (SSSR count). The van der Waals surface area contributed by atoms with E-state index in [1.54, 1.807) is 0 Å². The summed E-state index contributed by atoms with van der Waals surface area (Å²) in [6, 6.07) is 6.00. The van der Waals surface area contributed by atoms with Gasteiger partial charge in [-0.05, 0) is 55.3 Å². The predicted molar refractivity (Wildman–Crippen MR) is 70.7 cm³/mol. The minimum Gasteiger partial charge on any atom is -0.142 e. The maximum Gasteiger partial charge on any atom is 0.103 e. The zero-order chi connectivity index (χ0) is 11.5. The number of hydrogen-bond donors (Lipinski definition) is 0. The predicted octanol–water partition coefficient (Wildman–Crippen LogP) is 5.29. The van der Waals surface area contributed by atoms with Gasteiger partial charge in [0.25, 0.3) is 0 Å². The summed E-state index contributed by atoms with van der Waals surface area (Å²) < 4.78 is 5.24. The molecular formula is C11H15BrN2S. The van der Waals surface area contributed by atoms with E-state index in [9.17, 15) is 0 Å². The average molecular weight is 287 g/mol. The second-order valence-electron chi connectivity index (χ2n) is 4.29. The Morgan fingerprint density at radius 3 is 2.47 bits per heavy atom. The summed E-state index contributed by atoms with van der Waals surface area (Å²) in [4.78, 5) is 0.